The van der Waals surface area contributed by atoms with Crippen LogP contribution in [0, 0.1) is 5.41 Å². The Morgan fingerprint density at radius 3 is 2.62 bits per heavy atom. The van der Waals surface area contributed by atoms with Crippen molar-refractivity contribution in [1.29, 1.82) is 0 Å². The summed E-state index contributed by atoms with van der Waals surface area (Å²) in [6.45, 7) is 1.14. The summed E-state index contributed by atoms with van der Waals surface area (Å²) in [5.41, 5.74) is -0.388. The second-order valence-corrected chi connectivity index (χ2v) is 6.80. The summed E-state index contributed by atoms with van der Waals surface area (Å²) in [6.07, 6.45) is 8.20. The maximum atomic E-state index is 13.1. The average molecular weight is 355 g/mol. The van der Waals surface area contributed by atoms with Crippen molar-refractivity contribution in [2.24, 2.45) is 5.41 Å². The highest BCUT2D eigenvalue weighted by Gasteiger charge is 2.55. The molecule has 0 saturated carbocycles. The fourth-order valence-electron chi connectivity index (χ4n) is 3.52. The molecular formula is C19H21N3O4. The van der Waals surface area contributed by atoms with Gasteiger partial charge in [0.15, 0.2) is 5.78 Å². The highest BCUT2D eigenvalue weighted by molar-refractivity contribution is 6.21. The molecule has 1 aromatic heterocycles. The zero-order chi connectivity index (χ0) is 18.9. The number of allylic oxidation sites excluding steroid dienone is 1. The van der Waals surface area contributed by atoms with Gasteiger partial charge in [-0.2, -0.15) is 0 Å². The van der Waals surface area contributed by atoms with Crippen LogP contribution in [0.25, 0.3) is 0 Å². The summed E-state index contributed by atoms with van der Waals surface area (Å²) < 4.78 is 0. The Labute approximate surface area is 151 Å². The molecule has 4 amide bonds. The fourth-order valence-corrected chi connectivity index (χ4v) is 3.52. The number of Topliss-reactive ketones (excluding diaryl/α,β-unsaturated/α-hetero) is 1. The third-order valence-electron chi connectivity index (χ3n) is 5.14. The monoisotopic (exact) mass is 355 g/mol. The van der Waals surface area contributed by atoms with E-state index in [4.69, 9.17) is 0 Å². The molecule has 1 aromatic rings. The number of urea groups is 1. The van der Waals surface area contributed by atoms with Gasteiger partial charge in [-0.1, -0.05) is 6.08 Å². The third-order valence-corrected chi connectivity index (χ3v) is 5.14. The first-order valence-corrected chi connectivity index (χ1v) is 8.64. The lowest BCUT2D eigenvalue weighted by Gasteiger charge is -2.42. The van der Waals surface area contributed by atoms with E-state index in [1.165, 1.54) is 19.4 Å². The van der Waals surface area contributed by atoms with Crippen LogP contribution in [0.3, 0.4) is 0 Å². The van der Waals surface area contributed by atoms with E-state index < -0.39 is 35.6 Å². The Morgan fingerprint density at radius 1 is 1.23 bits per heavy atom. The maximum absolute atomic E-state index is 13.1. The van der Waals surface area contributed by atoms with Crippen molar-refractivity contribution in [3.05, 3.63) is 41.7 Å². The first-order valence-electron chi connectivity index (χ1n) is 8.64. The van der Waals surface area contributed by atoms with Crippen LogP contribution in [0.4, 0.5) is 4.79 Å². The molecule has 26 heavy (non-hydrogen) atoms. The smallest absolute Gasteiger partial charge is 0.292 e. The zero-order valence-electron chi connectivity index (χ0n) is 14.9. The van der Waals surface area contributed by atoms with Gasteiger partial charge in [-0.15, -0.1) is 0 Å². The second kappa shape index (κ2) is 6.82. The number of hydrogen-bond acceptors (Lipinski definition) is 5. The molecule has 1 aliphatic heterocycles. The first kappa shape index (κ1) is 18.0. The molecule has 1 atom stereocenters. The van der Waals surface area contributed by atoms with Crippen molar-refractivity contribution >= 4 is 23.6 Å². The average Bonchev–Trinajstić information content (AvgIpc) is 2.69. The van der Waals surface area contributed by atoms with Crippen molar-refractivity contribution in [1.82, 2.24) is 14.8 Å². The number of nitrogens with zero attached hydrogens (tertiary/aromatic N) is 3. The molecule has 1 fully saturated rings. The number of aromatic nitrogens is 1. The van der Waals surface area contributed by atoms with Crippen molar-refractivity contribution in [2.45, 2.75) is 32.6 Å². The van der Waals surface area contributed by atoms with Crippen molar-refractivity contribution < 1.29 is 19.2 Å². The summed E-state index contributed by atoms with van der Waals surface area (Å²) in [6, 6.07) is 2.41. The minimum absolute atomic E-state index is 0.311. The van der Waals surface area contributed by atoms with Gasteiger partial charge in [-0.3, -0.25) is 29.2 Å². The van der Waals surface area contributed by atoms with Gasteiger partial charge in [0.1, 0.15) is 5.41 Å². The molecule has 0 aromatic carbocycles. The normalized spacial score (nSPS) is 23.9. The van der Waals surface area contributed by atoms with Gasteiger partial charge in [-0.25, -0.2) is 4.79 Å². The van der Waals surface area contributed by atoms with Crippen molar-refractivity contribution in [3.63, 3.8) is 0 Å². The van der Waals surface area contributed by atoms with E-state index in [1.807, 2.05) is 6.08 Å². The molecule has 2 heterocycles. The van der Waals surface area contributed by atoms with Crippen molar-refractivity contribution in [3.8, 4) is 0 Å². The Balaban J connectivity index is 1.93. The Bertz CT molecular complexity index is 802. The first-order chi connectivity index (χ1) is 12.4. The summed E-state index contributed by atoms with van der Waals surface area (Å²) >= 11 is 0. The molecule has 7 nitrogen and oxygen atoms in total. The highest BCUT2D eigenvalue weighted by atomic mass is 16.2. The molecule has 2 aliphatic rings. The van der Waals surface area contributed by atoms with Crippen LogP contribution in [-0.4, -0.2) is 52.0 Å². The van der Waals surface area contributed by atoms with E-state index in [-0.39, 0.29) is 0 Å². The van der Waals surface area contributed by atoms with Crippen LogP contribution in [0.15, 0.2) is 36.2 Å². The third kappa shape index (κ3) is 2.83. The van der Waals surface area contributed by atoms with Crippen LogP contribution < -0.4 is 0 Å². The minimum Gasteiger partial charge on any atom is -0.292 e. The Morgan fingerprint density at radius 2 is 2.00 bits per heavy atom. The van der Waals surface area contributed by atoms with Gasteiger partial charge < -0.3 is 0 Å². The number of carbonyl (C=O) groups excluding carboxylic acids is 4. The highest BCUT2D eigenvalue weighted by Crippen LogP contribution is 2.40. The van der Waals surface area contributed by atoms with E-state index in [0.29, 0.717) is 12.0 Å². The van der Waals surface area contributed by atoms with Crippen LogP contribution >= 0.6 is 0 Å². The standard InChI is InChI=1S/C19H21N3O4/c1-19(14-8-4-3-5-9-14)16(24)21(2)18(26)22(17(19)25)12-15(23)13-7-6-10-20-11-13/h6-8,10-11H,3-5,9,12H2,1-2H3. The van der Waals surface area contributed by atoms with E-state index in [9.17, 15) is 19.2 Å². The number of ketones is 1. The molecule has 0 radical (unpaired) electrons. The summed E-state index contributed by atoms with van der Waals surface area (Å²) in [4.78, 5) is 56.6. The lowest BCUT2D eigenvalue weighted by molar-refractivity contribution is -0.153. The number of pyridine rings is 1. The zero-order valence-corrected chi connectivity index (χ0v) is 14.9. The predicted octanol–water partition coefficient (Wildman–Crippen LogP) is 2.19. The molecule has 0 N–H and O–H groups in total. The SMILES string of the molecule is CN1C(=O)N(CC(=O)c2cccnc2)C(=O)C(C)(C2=CCCCC2)C1=O. The fraction of sp³-hybridized carbons (Fsp3) is 0.421. The van der Waals surface area contributed by atoms with Crippen LogP contribution in [-0.2, 0) is 9.59 Å². The quantitative estimate of drug-likeness (QED) is 0.469. The number of imide groups is 2. The lowest BCUT2D eigenvalue weighted by Crippen LogP contribution is -2.64. The van der Waals surface area contributed by atoms with Crippen LogP contribution in [0.5, 0.6) is 0 Å². The molecule has 3 rings (SSSR count). The van der Waals surface area contributed by atoms with E-state index in [2.05, 4.69) is 4.98 Å². The molecule has 1 aliphatic carbocycles. The maximum Gasteiger partial charge on any atom is 0.333 e. The molecule has 0 spiro atoms. The van der Waals surface area contributed by atoms with Gasteiger partial charge in [0.05, 0.1) is 6.54 Å². The number of barbiturate groups is 1. The minimum atomic E-state index is -1.43. The van der Waals surface area contributed by atoms with Gasteiger partial charge in [0, 0.05) is 25.0 Å². The largest absolute Gasteiger partial charge is 0.333 e. The summed E-state index contributed by atoms with van der Waals surface area (Å²) in [5, 5.41) is 0. The van der Waals surface area contributed by atoms with Crippen LogP contribution in [0.1, 0.15) is 43.0 Å². The molecule has 7 heteroatoms. The lowest BCUT2D eigenvalue weighted by atomic mass is 9.73. The van der Waals surface area contributed by atoms with Gasteiger partial charge in [-0.05, 0) is 50.3 Å². The topological polar surface area (TPSA) is 87.7 Å². The summed E-state index contributed by atoms with van der Waals surface area (Å²) in [7, 11) is 1.35. The molecule has 0 bridgehead atoms. The van der Waals surface area contributed by atoms with E-state index in [1.54, 1.807) is 19.1 Å². The summed E-state index contributed by atoms with van der Waals surface area (Å²) in [5.74, 6) is -1.57. The van der Waals surface area contributed by atoms with Gasteiger partial charge in [0.2, 0.25) is 5.91 Å². The van der Waals surface area contributed by atoms with Gasteiger partial charge in [0.25, 0.3) is 5.91 Å². The predicted molar refractivity (Wildman–Crippen MR) is 93.1 cm³/mol. The number of rotatable bonds is 4. The van der Waals surface area contributed by atoms with Crippen LogP contribution in [0.2, 0.25) is 0 Å². The molecule has 1 saturated heterocycles. The number of hydrogen-bond donors (Lipinski definition) is 0. The Kier molecular flexibility index (Phi) is 4.71. The van der Waals surface area contributed by atoms with E-state index >= 15 is 0 Å². The molecule has 136 valence electrons. The molecular weight excluding hydrogens is 334 g/mol. The van der Waals surface area contributed by atoms with Crippen molar-refractivity contribution in [2.75, 3.05) is 13.6 Å². The Hall–Kier alpha value is -2.83. The molecule has 1 unspecified atom stereocenters. The number of carbonyl (C=O) groups is 4. The second-order valence-electron chi connectivity index (χ2n) is 6.80. The van der Waals surface area contributed by atoms with Gasteiger partial charge >= 0.3 is 6.03 Å². The number of amides is 4. The van der Waals surface area contributed by atoms with E-state index in [0.717, 1.165) is 34.6 Å².